The molecule has 1 aromatic rings. The van der Waals surface area contributed by atoms with Crippen LogP contribution in [0.2, 0.25) is 0 Å². The van der Waals surface area contributed by atoms with Crippen LogP contribution >= 0.6 is 11.8 Å². The first-order valence-corrected chi connectivity index (χ1v) is 6.47. The number of aryl methyl sites for hydroxylation is 1. The van der Waals surface area contributed by atoms with Crippen molar-refractivity contribution in [3.63, 3.8) is 0 Å². The van der Waals surface area contributed by atoms with Gasteiger partial charge in [-0.25, -0.2) is 4.98 Å². The molecule has 2 heterocycles. The van der Waals surface area contributed by atoms with Gasteiger partial charge in [0.05, 0.1) is 5.75 Å². The summed E-state index contributed by atoms with van der Waals surface area (Å²) in [5, 5.41) is 3.04. The van der Waals surface area contributed by atoms with E-state index < -0.39 is 0 Å². The van der Waals surface area contributed by atoms with Gasteiger partial charge in [0.1, 0.15) is 5.82 Å². The van der Waals surface area contributed by atoms with Gasteiger partial charge in [-0.1, -0.05) is 0 Å². The quantitative estimate of drug-likeness (QED) is 0.823. The molecule has 1 atom stereocenters. The summed E-state index contributed by atoms with van der Waals surface area (Å²) < 4.78 is 2.12. The first-order chi connectivity index (χ1) is 7.29. The van der Waals surface area contributed by atoms with Crippen LogP contribution < -0.4 is 5.32 Å². The maximum atomic E-state index is 11.4. The number of thioether (sulfide) groups is 1. The van der Waals surface area contributed by atoms with Crippen LogP contribution in [0.25, 0.3) is 0 Å². The molecule has 1 amide bonds. The van der Waals surface area contributed by atoms with E-state index in [1.807, 2.05) is 18.6 Å². The minimum atomic E-state index is 0.135. The molecule has 0 unspecified atom stereocenters. The predicted molar refractivity (Wildman–Crippen MR) is 60.9 cm³/mol. The van der Waals surface area contributed by atoms with Crippen LogP contribution in [0.4, 0.5) is 0 Å². The van der Waals surface area contributed by atoms with Gasteiger partial charge in [-0.3, -0.25) is 4.79 Å². The monoisotopic (exact) mass is 225 g/mol. The fraction of sp³-hybridized carbons (Fsp3) is 0.600. The summed E-state index contributed by atoms with van der Waals surface area (Å²) in [6.45, 7) is 0.857. The molecule has 0 radical (unpaired) electrons. The molecule has 0 fully saturated rings. The first kappa shape index (κ1) is 10.5. The predicted octanol–water partition coefficient (Wildman–Crippen LogP) is 0.677. The molecule has 2 rings (SSSR count). The molecular formula is C10H15N3OS. The van der Waals surface area contributed by atoms with E-state index >= 15 is 0 Å². The summed E-state index contributed by atoms with van der Waals surface area (Å²) >= 11 is 1.55. The van der Waals surface area contributed by atoms with Crippen molar-refractivity contribution in [2.75, 3.05) is 12.0 Å². The Morgan fingerprint density at radius 3 is 3.47 bits per heavy atom. The third-order valence-corrected chi connectivity index (χ3v) is 3.13. The van der Waals surface area contributed by atoms with Crippen molar-refractivity contribution >= 4 is 17.7 Å². The first-order valence-electron chi connectivity index (χ1n) is 5.08. The molecule has 4 nitrogen and oxygen atoms in total. The molecule has 0 bridgehead atoms. The zero-order valence-corrected chi connectivity index (χ0v) is 9.59. The SMILES string of the molecule is CSCC(=O)N[C@H]1CCc2nccn2C1. The fourth-order valence-corrected chi connectivity index (χ4v) is 2.23. The number of carbonyl (C=O) groups is 1. The molecular weight excluding hydrogens is 210 g/mol. The lowest BCUT2D eigenvalue weighted by molar-refractivity contribution is -0.119. The Hall–Kier alpha value is -0.970. The van der Waals surface area contributed by atoms with Crippen molar-refractivity contribution in [1.82, 2.24) is 14.9 Å². The Kier molecular flexibility index (Phi) is 3.30. The highest BCUT2D eigenvalue weighted by Gasteiger charge is 2.19. The van der Waals surface area contributed by atoms with Crippen molar-refractivity contribution in [1.29, 1.82) is 0 Å². The van der Waals surface area contributed by atoms with Crippen LogP contribution in [0.5, 0.6) is 0 Å². The largest absolute Gasteiger partial charge is 0.351 e. The number of imidazole rings is 1. The van der Waals surface area contributed by atoms with E-state index in [0.717, 1.165) is 25.2 Å². The van der Waals surface area contributed by atoms with Gasteiger partial charge in [-0.05, 0) is 12.7 Å². The van der Waals surface area contributed by atoms with E-state index in [1.54, 1.807) is 11.8 Å². The van der Waals surface area contributed by atoms with Crippen LogP contribution in [-0.2, 0) is 17.8 Å². The highest BCUT2D eigenvalue weighted by Crippen LogP contribution is 2.12. The second-order valence-electron chi connectivity index (χ2n) is 3.73. The Bertz CT molecular complexity index is 350. The van der Waals surface area contributed by atoms with Crippen molar-refractivity contribution in [3.8, 4) is 0 Å². The second-order valence-corrected chi connectivity index (χ2v) is 4.60. The molecule has 0 aromatic carbocycles. The number of carbonyl (C=O) groups excluding carboxylic acids is 1. The summed E-state index contributed by atoms with van der Waals surface area (Å²) in [6, 6.07) is 0.270. The van der Waals surface area contributed by atoms with E-state index in [2.05, 4.69) is 14.9 Å². The summed E-state index contributed by atoms with van der Waals surface area (Å²) in [5.41, 5.74) is 0. The number of fused-ring (bicyclic) bond motifs is 1. The number of amides is 1. The third-order valence-electron chi connectivity index (χ3n) is 2.58. The average molecular weight is 225 g/mol. The maximum absolute atomic E-state index is 11.4. The fourth-order valence-electron chi connectivity index (χ4n) is 1.88. The van der Waals surface area contributed by atoms with E-state index in [1.165, 1.54) is 0 Å². The van der Waals surface area contributed by atoms with Gasteiger partial charge < -0.3 is 9.88 Å². The number of nitrogens with zero attached hydrogens (tertiary/aromatic N) is 2. The summed E-state index contributed by atoms with van der Waals surface area (Å²) in [6.07, 6.45) is 7.69. The van der Waals surface area contributed by atoms with Crippen LogP contribution in [0.15, 0.2) is 12.4 Å². The van der Waals surface area contributed by atoms with Gasteiger partial charge in [-0.2, -0.15) is 11.8 Å². The average Bonchev–Trinajstić information content (AvgIpc) is 2.65. The number of nitrogens with one attached hydrogen (secondary N) is 1. The lowest BCUT2D eigenvalue weighted by Gasteiger charge is -2.24. The Morgan fingerprint density at radius 1 is 1.80 bits per heavy atom. The zero-order chi connectivity index (χ0) is 10.7. The lowest BCUT2D eigenvalue weighted by atomic mass is 10.1. The van der Waals surface area contributed by atoms with Crippen LogP contribution in [-0.4, -0.2) is 33.5 Å². The molecule has 1 aliphatic rings. The molecule has 1 N–H and O–H groups in total. The highest BCUT2D eigenvalue weighted by atomic mass is 32.2. The number of hydrogen-bond acceptors (Lipinski definition) is 3. The highest BCUT2D eigenvalue weighted by molar-refractivity contribution is 7.99. The molecule has 0 saturated carbocycles. The molecule has 0 aliphatic carbocycles. The molecule has 15 heavy (non-hydrogen) atoms. The number of rotatable bonds is 3. The Balaban J connectivity index is 1.90. The summed E-state index contributed by atoms with van der Waals surface area (Å²) in [7, 11) is 0. The van der Waals surface area contributed by atoms with Gasteiger partial charge in [0.25, 0.3) is 0 Å². The Morgan fingerprint density at radius 2 is 2.67 bits per heavy atom. The Labute approximate surface area is 93.5 Å². The van der Waals surface area contributed by atoms with Crippen molar-refractivity contribution in [3.05, 3.63) is 18.2 Å². The van der Waals surface area contributed by atoms with Crippen molar-refractivity contribution in [2.45, 2.75) is 25.4 Å². The summed E-state index contributed by atoms with van der Waals surface area (Å²) in [4.78, 5) is 15.7. The standard InChI is InChI=1S/C10H15N3OS/c1-15-7-10(14)12-8-2-3-9-11-4-5-13(9)6-8/h4-5,8H,2-3,6-7H2,1H3,(H,12,14)/t8-/m0/s1. The van der Waals surface area contributed by atoms with E-state index in [-0.39, 0.29) is 11.9 Å². The lowest BCUT2D eigenvalue weighted by Crippen LogP contribution is -2.41. The zero-order valence-electron chi connectivity index (χ0n) is 8.77. The smallest absolute Gasteiger partial charge is 0.230 e. The third kappa shape index (κ3) is 2.53. The molecule has 1 aliphatic heterocycles. The van der Waals surface area contributed by atoms with Crippen molar-refractivity contribution < 1.29 is 4.79 Å². The number of aromatic nitrogens is 2. The second kappa shape index (κ2) is 4.70. The molecule has 5 heteroatoms. The molecule has 0 saturated heterocycles. The van der Waals surface area contributed by atoms with Crippen LogP contribution in [0.3, 0.4) is 0 Å². The van der Waals surface area contributed by atoms with Gasteiger partial charge in [0.2, 0.25) is 5.91 Å². The summed E-state index contributed by atoms with van der Waals surface area (Å²) in [5.74, 6) is 1.81. The van der Waals surface area contributed by atoms with E-state index in [9.17, 15) is 4.79 Å². The molecule has 0 spiro atoms. The van der Waals surface area contributed by atoms with Crippen molar-refractivity contribution in [2.24, 2.45) is 0 Å². The molecule has 82 valence electrons. The van der Waals surface area contributed by atoms with Gasteiger partial charge >= 0.3 is 0 Å². The number of hydrogen-bond donors (Lipinski definition) is 1. The van der Waals surface area contributed by atoms with E-state index in [4.69, 9.17) is 0 Å². The topological polar surface area (TPSA) is 46.9 Å². The van der Waals surface area contributed by atoms with Gasteiger partial charge in [0, 0.05) is 31.4 Å². The minimum absolute atomic E-state index is 0.135. The van der Waals surface area contributed by atoms with Crippen LogP contribution in [0.1, 0.15) is 12.2 Å². The van der Waals surface area contributed by atoms with Gasteiger partial charge in [0.15, 0.2) is 0 Å². The van der Waals surface area contributed by atoms with Gasteiger partial charge in [-0.15, -0.1) is 0 Å². The van der Waals surface area contributed by atoms with E-state index in [0.29, 0.717) is 5.75 Å². The maximum Gasteiger partial charge on any atom is 0.230 e. The molecule has 1 aromatic heterocycles. The normalized spacial score (nSPS) is 19.7. The van der Waals surface area contributed by atoms with Crippen LogP contribution in [0, 0.1) is 0 Å². The minimum Gasteiger partial charge on any atom is -0.351 e.